The summed E-state index contributed by atoms with van der Waals surface area (Å²) in [5, 5.41) is 10.2. The van der Waals surface area contributed by atoms with Crippen molar-refractivity contribution >= 4 is 34.5 Å². The molecule has 0 amide bonds. The van der Waals surface area contributed by atoms with E-state index in [0.29, 0.717) is 23.6 Å². The zero-order valence-electron chi connectivity index (χ0n) is 16.0. The van der Waals surface area contributed by atoms with Crippen molar-refractivity contribution in [2.45, 2.75) is 31.3 Å². The lowest BCUT2D eigenvalue weighted by Crippen LogP contribution is -2.25. The van der Waals surface area contributed by atoms with E-state index in [9.17, 15) is 4.79 Å². The topological polar surface area (TPSA) is 52.2 Å². The molecule has 28 heavy (non-hydrogen) atoms. The Labute approximate surface area is 167 Å². The van der Waals surface area contributed by atoms with E-state index in [1.54, 1.807) is 16.3 Å². The van der Waals surface area contributed by atoms with E-state index in [1.807, 2.05) is 34.7 Å². The molecule has 0 aliphatic rings. The second kappa shape index (κ2) is 7.64. The van der Waals surface area contributed by atoms with Crippen LogP contribution in [0.25, 0.3) is 22.8 Å². The van der Waals surface area contributed by atoms with Crippen molar-refractivity contribution in [2.75, 3.05) is 0 Å². The Morgan fingerprint density at radius 1 is 1.11 bits per heavy atom. The molecule has 2 aromatic heterocycles. The molecule has 0 radical (unpaired) electrons. The molecule has 0 bridgehead atoms. The molecule has 2 heterocycles. The lowest BCUT2D eigenvalue weighted by Gasteiger charge is -2.12. The highest BCUT2D eigenvalue weighted by Gasteiger charge is 2.17. The SMILES string of the molecule is C=Cc1ccc(CSc2nnc3n(CC(C)C)c(=O)c4ccccc4n23)cc1. The second-order valence-corrected chi connectivity index (χ2v) is 8.12. The number of nitrogens with zero attached hydrogens (tertiary/aromatic N) is 4. The molecule has 4 rings (SSSR count). The average Bonchev–Trinajstić information content (AvgIpc) is 3.14. The average molecular weight is 391 g/mol. The molecule has 2 aromatic carbocycles. The van der Waals surface area contributed by atoms with Gasteiger partial charge in [0.25, 0.3) is 5.56 Å². The van der Waals surface area contributed by atoms with Crippen molar-refractivity contribution in [3.8, 4) is 0 Å². The fourth-order valence-electron chi connectivity index (χ4n) is 3.25. The molecule has 6 heteroatoms. The van der Waals surface area contributed by atoms with Gasteiger partial charge in [-0.05, 0) is 29.2 Å². The summed E-state index contributed by atoms with van der Waals surface area (Å²) in [5.41, 5.74) is 3.13. The molecular formula is C22H22N4OS. The molecule has 0 aliphatic heterocycles. The first-order valence-corrected chi connectivity index (χ1v) is 10.3. The van der Waals surface area contributed by atoms with Crippen molar-refractivity contribution in [2.24, 2.45) is 5.92 Å². The Morgan fingerprint density at radius 2 is 1.86 bits per heavy atom. The highest BCUT2D eigenvalue weighted by Crippen LogP contribution is 2.25. The molecule has 0 saturated carbocycles. The van der Waals surface area contributed by atoms with Crippen molar-refractivity contribution < 1.29 is 0 Å². The van der Waals surface area contributed by atoms with Gasteiger partial charge in [0.05, 0.1) is 10.9 Å². The van der Waals surface area contributed by atoms with E-state index in [4.69, 9.17) is 0 Å². The summed E-state index contributed by atoms with van der Waals surface area (Å²) in [5.74, 6) is 1.70. The zero-order valence-corrected chi connectivity index (χ0v) is 16.8. The third-order valence-electron chi connectivity index (χ3n) is 4.61. The Bertz CT molecular complexity index is 1210. The van der Waals surface area contributed by atoms with Crippen LogP contribution in [0.5, 0.6) is 0 Å². The number of para-hydroxylation sites is 1. The predicted octanol–water partition coefficient (Wildman–Crippen LogP) is 4.64. The maximum absolute atomic E-state index is 13.0. The van der Waals surface area contributed by atoms with Crippen LogP contribution in [0.2, 0.25) is 0 Å². The molecule has 0 spiro atoms. The number of benzene rings is 2. The van der Waals surface area contributed by atoms with Gasteiger partial charge in [-0.1, -0.05) is 74.7 Å². The first-order valence-electron chi connectivity index (χ1n) is 9.29. The Kier molecular flexibility index (Phi) is 5.05. The lowest BCUT2D eigenvalue weighted by atomic mass is 10.1. The smallest absolute Gasteiger partial charge is 0.262 e. The third kappa shape index (κ3) is 3.36. The Hall–Kier alpha value is -2.86. The van der Waals surface area contributed by atoms with Gasteiger partial charge in [-0.3, -0.25) is 13.8 Å². The summed E-state index contributed by atoms with van der Waals surface area (Å²) in [6.07, 6.45) is 1.84. The van der Waals surface area contributed by atoms with E-state index in [0.717, 1.165) is 22.0 Å². The van der Waals surface area contributed by atoms with E-state index in [2.05, 4.69) is 54.9 Å². The maximum Gasteiger partial charge on any atom is 0.262 e. The van der Waals surface area contributed by atoms with Gasteiger partial charge in [-0.15, -0.1) is 10.2 Å². The van der Waals surface area contributed by atoms with Crippen LogP contribution in [0.15, 0.2) is 65.1 Å². The molecule has 0 atom stereocenters. The molecule has 4 aromatic rings. The standard InChI is InChI=1S/C22H22N4OS/c1-4-16-9-11-17(12-10-16)14-28-22-24-23-21-25(13-15(2)3)20(27)18-7-5-6-8-19(18)26(21)22/h4-12,15H,1,13-14H2,2-3H3. The first-order chi connectivity index (χ1) is 13.6. The van der Waals surface area contributed by atoms with Crippen LogP contribution in [0.1, 0.15) is 25.0 Å². The van der Waals surface area contributed by atoms with Crippen LogP contribution in [-0.4, -0.2) is 19.2 Å². The van der Waals surface area contributed by atoms with Crippen LogP contribution >= 0.6 is 11.8 Å². The summed E-state index contributed by atoms with van der Waals surface area (Å²) in [7, 11) is 0. The van der Waals surface area contributed by atoms with Crippen LogP contribution in [0, 0.1) is 5.92 Å². The largest absolute Gasteiger partial charge is 0.276 e. The van der Waals surface area contributed by atoms with Crippen LogP contribution < -0.4 is 5.56 Å². The number of hydrogen-bond acceptors (Lipinski definition) is 4. The zero-order chi connectivity index (χ0) is 19.7. The molecule has 0 aliphatic carbocycles. The lowest BCUT2D eigenvalue weighted by molar-refractivity contribution is 0.517. The fourth-order valence-corrected chi connectivity index (χ4v) is 4.15. The number of rotatable bonds is 6. The van der Waals surface area contributed by atoms with Crippen LogP contribution in [-0.2, 0) is 12.3 Å². The van der Waals surface area contributed by atoms with Crippen molar-refractivity contribution in [3.05, 3.63) is 76.6 Å². The second-order valence-electron chi connectivity index (χ2n) is 7.18. The van der Waals surface area contributed by atoms with Gasteiger partial charge in [0.15, 0.2) is 5.16 Å². The molecule has 5 nitrogen and oxygen atoms in total. The van der Waals surface area contributed by atoms with E-state index in [-0.39, 0.29) is 5.56 Å². The molecule has 0 fully saturated rings. The summed E-state index contributed by atoms with van der Waals surface area (Å²) < 4.78 is 3.74. The summed E-state index contributed by atoms with van der Waals surface area (Å²) >= 11 is 1.62. The minimum atomic E-state index is -0.0132. The van der Waals surface area contributed by atoms with E-state index >= 15 is 0 Å². The first kappa shape index (κ1) is 18.5. The highest BCUT2D eigenvalue weighted by atomic mass is 32.2. The monoisotopic (exact) mass is 390 g/mol. The maximum atomic E-state index is 13.0. The number of hydrogen-bond donors (Lipinski definition) is 0. The van der Waals surface area contributed by atoms with Gasteiger partial charge in [0.2, 0.25) is 5.78 Å². The quantitative estimate of drug-likeness (QED) is 0.450. The molecular weight excluding hydrogens is 368 g/mol. The summed E-state index contributed by atoms with van der Waals surface area (Å²) in [4.78, 5) is 13.0. The van der Waals surface area contributed by atoms with Gasteiger partial charge in [0.1, 0.15) is 0 Å². The van der Waals surface area contributed by atoms with E-state index < -0.39 is 0 Å². The molecule has 142 valence electrons. The van der Waals surface area contributed by atoms with Gasteiger partial charge >= 0.3 is 0 Å². The summed E-state index contributed by atoms with van der Waals surface area (Å²) in [6.45, 7) is 8.59. The minimum absolute atomic E-state index is 0.0132. The highest BCUT2D eigenvalue weighted by molar-refractivity contribution is 7.98. The fraction of sp³-hybridized carbons (Fsp3) is 0.227. The normalized spacial score (nSPS) is 11.5. The molecule has 0 saturated heterocycles. The molecule has 0 unspecified atom stereocenters. The van der Waals surface area contributed by atoms with Gasteiger partial charge < -0.3 is 0 Å². The number of thioether (sulfide) groups is 1. The number of fused-ring (bicyclic) bond motifs is 3. The van der Waals surface area contributed by atoms with Gasteiger partial charge in [-0.25, -0.2) is 0 Å². The van der Waals surface area contributed by atoms with Crippen molar-refractivity contribution in [1.82, 2.24) is 19.2 Å². The van der Waals surface area contributed by atoms with Crippen molar-refractivity contribution in [3.63, 3.8) is 0 Å². The molecule has 0 N–H and O–H groups in total. The van der Waals surface area contributed by atoms with Gasteiger partial charge in [-0.2, -0.15) is 0 Å². The third-order valence-corrected chi connectivity index (χ3v) is 5.61. The van der Waals surface area contributed by atoms with E-state index in [1.165, 1.54) is 5.56 Å². The minimum Gasteiger partial charge on any atom is -0.276 e. The predicted molar refractivity (Wildman–Crippen MR) is 116 cm³/mol. The summed E-state index contributed by atoms with van der Waals surface area (Å²) in [6, 6.07) is 16.0. The number of aromatic nitrogens is 4. The van der Waals surface area contributed by atoms with Gasteiger partial charge in [0, 0.05) is 12.3 Å². The van der Waals surface area contributed by atoms with Crippen LogP contribution in [0.3, 0.4) is 0 Å². The van der Waals surface area contributed by atoms with Crippen molar-refractivity contribution in [1.29, 1.82) is 0 Å². The Balaban J connectivity index is 1.80. The van der Waals surface area contributed by atoms with Crippen LogP contribution in [0.4, 0.5) is 0 Å². The Morgan fingerprint density at radius 3 is 2.57 bits per heavy atom.